The fourth-order valence-electron chi connectivity index (χ4n) is 6.75. The van der Waals surface area contributed by atoms with E-state index in [1.807, 2.05) is 58.0 Å². The summed E-state index contributed by atoms with van der Waals surface area (Å²) in [6.45, 7) is 24.3. The number of rotatable bonds is 23. The average molecular weight is 669 g/mol. The predicted octanol–water partition coefficient (Wildman–Crippen LogP) is 8.04. The van der Waals surface area contributed by atoms with Gasteiger partial charge in [-0.2, -0.15) is 0 Å². The minimum Gasteiger partial charge on any atom is -0.460 e. The summed E-state index contributed by atoms with van der Waals surface area (Å²) >= 11 is 0. The van der Waals surface area contributed by atoms with Crippen molar-refractivity contribution in [1.29, 1.82) is 0 Å². The second kappa shape index (κ2) is 20.9. The Morgan fingerprint density at radius 3 is 1.93 bits per heavy atom. The van der Waals surface area contributed by atoms with Crippen molar-refractivity contribution in [3.63, 3.8) is 0 Å². The minimum absolute atomic E-state index is 0.00279. The van der Waals surface area contributed by atoms with Gasteiger partial charge in [-0.1, -0.05) is 78.8 Å². The standard InChI is InChI=1S/C37H68O8Si/c1-26(2)46(27(3)4,28(5)6)45-35(30(8)36(40)44-37(9,10)11)29(7)18-19-32(38)22-33(39)23-34(43-25-41-12)20-21-42-24-31-16-14-13-15-17-31/h13-17,26-30,32-35,38-39H,18-25H2,1-12H3/t29-,30+,32+,33-,34+,35+/m1/s1. The number of hydrogen-bond donors (Lipinski definition) is 2. The van der Waals surface area contributed by atoms with Crippen LogP contribution >= 0.6 is 0 Å². The zero-order chi connectivity index (χ0) is 35.1. The molecule has 0 radical (unpaired) electrons. The maximum Gasteiger partial charge on any atom is 0.311 e. The largest absolute Gasteiger partial charge is 0.460 e. The van der Waals surface area contributed by atoms with Crippen molar-refractivity contribution < 1.29 is 38.4 Å². The Labute approximate surface area is 282 Å². The monoisotopic (exact) mass is 668 g/mol. The molecule has 46 heavy (non-hydrogen) atoms. The van der Waals surface area contributed by atoms with Crippen LogP contribution in [0.15, 0.2) is 30.3 Å². The van der Waals surface area contributed by atoms with Gasteiger partial charge < -0.3 is 33.6 Å². The van der Waals surface area contributed by atoms with E-state index in [4.69, 9.17) is 23.4 Å². The molecule has 1 rings (SSSR count). The third kappa shape index (κ3) is 14.8. The van der Waals surface area contributed by atoms with Gasteiger partial charge in [0.1, 0.15) is 12.4 Å². The highest BCUT2D eigenvalue weighted by Gasteiger charge is 2.49. The van der Waals surface area contributed by atoms with Gasteiger partial charge in [0.2, 0.25) is 8.32 Å². The highest BCUT2D eigenvalue weighted by molar-refractivity contribution is 6.77. The summed E-state index contributed by atoms with van der Waals surface area (Å²) in [7, 11) is -0.740. The van der Waals surface area contributed by atoms with Gasteiger partial charge in [0.15, 0.2) is 0 Å². The van der Waals surface area contributed by atoms with E-state index in [0.717, 1.165) is 5.56 Å². The number of ether oxygens (including phenoxy) is 4. The average Bonchev–Trinajstić information content (AvgIpc) is 2.96. The second-order valence-corrected chi connectivity index (χ2v) is 20.5. The molecule has 8 nitrogen and oxygen atoms in total. The first-order valence-corrected chi connectivity index (χ1v) is 19.6. The van der Waals surface area contributed by atoms with Crippen LogP contribution < -0.4 is 0 Å². The van der Waals surface area contributed by atoms with E-state index >= 15 is 0 Å². The van der Waals surface area contributed by atoms with Gasteiger partial charge in [-0.15, -0.1) is 0 Å². The molecule has 0 spiro atoms. The quantitative estimate of drug-likeness (QED) is 0.0523. The molecule has 6 atom stereocenters. The zero-order valence-electron chi connectivity index (χ0n) is 31.1. The summed E-state index contributed by atoms with van der Waals surface area (Å²) in [5.74, 6) is -0.714. The smallest absolute Gasteiger partial charge is 0.311 e. The summed E-state index contributed by atoms with van der Waals surface area (Å²) in [5, 5.41) is 21.9. The summed E-state index contributed by atoms with van der Waals surface area (Å²) in [5.41, 5.74) is 1.61. The first-order valence-electron chi connectivity index (χ1n) is 17.4. The fraction of sp³-hybridized carbons (Fsp3) is 0.811. The molecule has 2 N–H and O–H groups in total. The molecule has 0 aliphatic rings. The lowest BCUT2D eigenvalue weighted by molar-refractivity contribution is -0.164. The Morgan fingerprint density at radius 2 is 1.41 bits per heavy atom. The van der Waals surface area contributed by atoms with Crippen molar-refractivity contribution in [2.24, 2.45) is 11.8 Å². The van der Waals surface area contributed by atoms with E-state index in [9.17, 15) is 15.0 Å². The number of esters is 1. The molecule has 268 valence electrons. The molecule has 0 saturated heterocycles. The summed E-state index contributed by atoms with van der Waals surface area (Å²) in [4.78, 5) is 13.3. The van der Waals surface area contributed by atoms with E-state index in [-0.39, 0.29) is 37.3 Å². The van der Waals surface area contributed by atoms with E-state index in [0.29, 0.717) is 55.5 Å². The van der Waals surface area contributed by atoms with Crippen LogP contribution in [0.2, 0.25) is 16.6 Å². The van der Waals surface area contributed by atoms with Crippen molar-refractivity contribution in [3.8, 4) is 0 Å². The molecule has 1 aromatic rings. The number of carbonyl (C=O) groups is 1. The molecule has 0 unspecified atom stereocenters. The number of methoxy groups -OCH3 is 1. The van der Waals surface area contributed by atoms with Crippen molar-refractivity contribution >= 4 is 14.3 Å². The molecular weight excluding hydrogens is 600 g/mol. The van der Waals surface area contributed by atoms with E-state index in [1.54, 1.807) is 7.11 Å². The third-order valence-corrected chi connectivity index (χ3v) is 15.1. The molecule has 1 aromatic carbocycles. The molecule has 0 amide bonds. The molecule has 0 aliphatic carbocycles. The zero-order valence-corrected chi connectivity index (χ0v) is 32.1. The predicted molar refractivity (Wildman–Crippen MR) is 188 cm³/mol. The van der Waals surface area contributed by atoms with Crippen LogP contribution in [0.5, 0.6) is 0 Å². The Balaban J connectivity index is 2.88. The van der Waals surface area contributed by atoms with Crippen LogP contribution in [0.1, 0.15) is 114 Å². The lowest BCUT2D eigenvalue weighted by Gasteiger charge is -2.47. The van der Waals surface area contributed by atoms with Gasteiger partial charge in [-0.05, 0) is 87.9 Å². The topological polar surface area (TPSA) is 104 Å². The molecule has 0 saturated carbocycles. The van der Waals surface area contributed by atoms with Crippen LogP contribution in [0, 0.1) is 11.8 Å². The van der Waals surface area contributed by atoms with Crippen LogP contribution in [0.4, 0.5) is 0 Å². The Kier molecular flexibility index (Phi) is 19.4. The molecule has 0 heterocycles. The van der Waals surface area contributed by atoms with Crippen LogP contribution in [0.3, 0.4) is 0 Å². The molecule has 0 aromatic heterocycles. The van der Waals surface area contributed by atoms with Crippen molar-refractivity contribution in [3.05, 3.63) is 35.9 Å². The molecule has 0 fully saturated rings. The summed E-state index contributed by atoms with van der Waals surface area (Å²) in [6, 6.07) is 9.99. The second-order valence-electron chi connectivity index (χ2n) is 15.1. The molecule has 9 heteroatoms. The SMILES string of the molecule is COCO[C@@H](CCOCc1ccccc1)C[C@H](O)C[C@@H](O)CC[C@@H](C)[C@H](O[Si](C(C)C)(C(C)C)C(C)C)[C@H](C)C(=O)OC(C)(C)C. The minimum atomic E-state index is -2.31. The molecule has 0 aliphatic heterocycles. The number of benzene rings is 1. The Bertz CT molecular complexity index is 927. The maximum atomic E-state index is 13.3. The van der Waals surface area contributed by atoms with E-state index in [2.05, 4.69) is 48.5 Å². The van der Waals surface area contributed by atoms with Gasteiger partial charge >= 0.3 is 5.97 Å². The fourth-order valence-corrected chi connectivity index (χ4v) is 12.5. The van der Waals surface area contributed by atoms with Gasteiger partial charge in [0.05, 0.1) is 36.9 Å². The lowest BCUT2D eigenvalue weighted by Crippen LogP contribution is -2.53. The summed E-state index contributed by atoms with van der Waals surface area (Å²) < 4.78 is 29.8. The van der Waals surface area contributed by atoms with E-state index < -0.39 is 32.0 Å². The van der Waals surface area contributed by atoms with Crippen LogP contribution in [0.25, 0.3) is 0 Å². The Hall–Kier alpha value is -1.33. The Morgan fingerprint density at radius 1 is 0.826 bits per heavy atom. The van der Waals surface area contributed by atoms with E-state index in [1.165, 1.54) is 0 Å². The number of hydrogen-bond acceptors (Lipinski definition) is 8. The van der Waals surface area contributed by atoms with Crippen molar-refractivity contribution in [2.45, 2.75) is 162 Å². The molecular formula is C37H68O8Si. The molecule has 0 bridgehead atoms. The van der Waals surface area contributed by atoms with Crippen LogP contribution in [-0.2, 0) is 34.8 Å². The van der Waals surface area contributed by atoms with Gasteiger partial charge in [-0.3, -0.25) is 4.79 Å². The number of carbonyl (C=O) groups excluding carboxylic acids is 1. The first-order chi connectivity index (χ1) is 21.4. The highest BCUT2D eigenvalue weighted by atomic mass is 28.4. The number of aliphatic hydroxyl groups excluding tert-OH is 2. The van der Waals surface area contributed by atoms with Crippen molar-refractivity contribution in [1.82, 2.24) is 0 Å². The van der Waals surface area contributed by atoms with Gasteiger partial charge in [-0.25, -0.2) is 0 Å². The normalized spacial score (nSPS) is 16.8. The van der Waals surface area contributed by atoms with Crippen molar-refractivity contribution in [2.75, 3.05) is 20.5 Å². The third-order valence-electron chi connectivity index (χ3n) is 9.03. The van der Waals surface area contributed by atoms with Gasteiger partial charge in [0.25, 0.3) is 0 Å². The van der Waals surface area contributed by atoms with Crippen LogP contribution in [-0.4, -0.2) is 75.0 Å². The maximum absolute atomic E-state index is 13.3. The lowest BCUT2D eigenvalue weighted by atomic mass is 9.88. The highest BCUT2D eigenvalue weighted by Crippen LogP contribution is 2.45. The summed E-state index contributed by atoms with van der Waals surface area (Å²) in [6.07, 6.45) is 0.321. The van der Waals surface area contributed by atoms with Gasteiger partial charge in [0, 0.05) is 13.7 Å². The number of aliphatic hydroxyl groups is 2. The first kappa shape index (κ1) is 42.7.